The number of para-hydroxylation sites is 1. The average Bonchev–Trinajstić information content (AvgIpc) is 3.28. The van der Waals surface area contributed by atoms with E-state index < -0.39 is 0 Å². The van der Waals surface area contributed by atoms with Gasteiger partial charge in [0.2, 0.25) is 0 Å². The maximum absolute atomic E-state index is 13.4. The number of carbonyl (C=O) groups excluding carboxylic acids is 1. The largest absolute Gasteiger partial charge is 0.496 e. The molecular weight excluding hydrogens is 424 g/mol. The first-order valence-electron chi connectivity index (χ1n) is 11.3. The molecule has 1 atom stereocenters. The van der Waals surface area contributed by atoms with Gasteiger partial charge in [0.25, 0.3) is 5.91 Å². The van der Waals surface area contributed by atoms with E-state index in [9.17, 15) is 4.79 Å². The molecule has 34 heavy (non-hydrogen) atoms. The fraction of sp³-hybridized carbons (Fsp3) is 0.214. The Morgan fingerprint density at radius 2 is 1.62 bits per heavy atom. The molecule has 0 saturated carbocycles. The van der Waals surface area contributed by atoms with Gasteiger partial charge in [-0.15, -0.1) is 0 Å². The van der Waals surface area contributed by atoms with Crippen molar-refractivity contribution in [3.05, 3.63) is 108 Å². The summed E-state index contributed by atoms with van der Waals surface area (Å²) in [5.74, 6) is 0.514. The molecule has 4 rings (SSSR count). The van der Waals surface area contributed by atoms with Crippen LogP contribution in [0.3, 0.4) is 0 Å². The number of rotatable bonds is 9. The summed E-state index contributed by atoms with van der Waals surface area (Å²) in [6.45, 7) is 1.05. The Hall–Kier alpha value is -3.90. The third-order valence-corrected chi connectivity index (χ3v) is 5.82. The molecule has 0 fully saturated rings. The van der Waals surface area contributed by atoms with Crippen LogP contribution < -0.4 is 10.1 Å². The van der Waals surface area contributed by atoms with Crippen LogP contribution in [0, 0.1) is 0 Å². The number of aromatic nitrogens is 2. The van der Waals surface area contributed by atoms with Crippen LogP contribution in [0.4, 0.5) is 0 Å². The highest BCUT2D eigenvalue weighted by molar-refractivity contribution is 6.00. The lowest BCUT2D eigenvalue weighted by Crippen LogP contribution is -2.34. The van der Waals surface area contributed by atoms with E-state index in [2.05, 4.69) is 22.3 Å². The first-order valence-corrected chi connectivity index (χ1v) is 11.3. The third-order valence-electron chi connectivity index (χ3n) is 5.82. The van der Waals surface area contributed by atoms with Crippen molar-refractivity contribution in [3.8, 4) is 17.0 Å². The van der Waals surface area contributed by atoms with Crippen LogP contribution in [0.1, 0.15) is 27.5 Å². The van der Waals surface area contributed by atoms with Crippen LogP contribution in [0.2, 0.25) is 0 Å². The number of methoxy groups -OCH3 is 1. The number of nitrogens with one attached hydrogen (secondary N) is 1. The van der Waals surface area contributed by atoms with Crippen LogP contribution >= 0.6 is 0 Å². The minimum atomic E-state index is -0.164. The van der Waals surface area contributed by atoms with Crippen molar-refractivity contribution in [2.45, 2.75) is 12.6 Å². The third kappa shape index (κ3) is 5.35. The second-order valence-corrected chi connectivity index (χ2v) is 8.37. The predicted octanol–water partition coefficient (Wildman–Crippen LogP) is 4.64. The summed E-state index contributed by atoms with van der Waals surface area (Å²) in [6, 6.07) is 28.0. The van der Waals surface area contributed by atoms with E-state index in [1.165, 1.54) is 0 Å². The molecule has 0 bridgehead atoms. The van der Waals surface area contributed by atoms with Gasteiger partial charge in [0.1, 0.15) is 11.4 Å². The summed E-state index contributed by atoms with van der Waals surface area (Å²) in [6.07, 6.45) is 1.82. The molecule has 0 radical (unpaired) electrons. The maximum Gasteiger partial charge on any atom is 0.255 e. The van der Waals surface area contributed by atoms with Crippen molar-refractivity contribution in [3.63, 3.8) is 0 Å². The molecule has 1 amide bonds. The van der Waals surface area contributed by atoms with E-state index in [1.54, 1.807) is 7.11 Å². The Labute approximate surface area is 200 Å². The molecule has 1 N–H and O–H groups in total. The molecule has 174 valence electrons. The van der Waals surface area contributed by atoms with E-state index in [0.717, 1.165) is 16.7 Å². The number of carbonyl (C=O) groups is 1. The predicted molar refractivity (Wildman–Crippen MR) is 135 cm³/mol. The Morgan fingerprint density at radius 1 is 0.971 bits per heavy atom. The molecule has 0 aliphatic heterocycles. The summed E-state index contributed by atoms with van der Waals surface area (Å²) in [7, 11) is 5.66. The smallest absolute Gasteiger partial charge is 0.255 e. The van der Waals surface area contributed by atoms with Gasteiger partial charge in [-0.2, -0.15) is 5.10 Å². The average molecular weight is 455 g/mol. The van der Waals surface area contributed by atoms with Crippen molar-refractivity contribution in [2.24, 2.45) is 0 Å². The Balaban J connectivity index is 1.64. The zero-order chi connectivity index (χ0) is 23.9. The van der Waals surface area contributed by atoms with Gasteiger partial charge >= 0.3 is 0 Å². The number of hydrogen-bond acceptors (Lipinski definition) is 4. The molecule has 1 heterocycles. The molecule has 4 aromatic rings. The quantitative estimate of drug-likeness (QED) is 0.400. The summed E-state index contributed by atoms with van der Waals surface area (Å²) in [4.78, 5) is 15.5. The van der Waals surface area contributed by atoms with E-state index in [4.69, 9.17) is 9.84 Å². The van der Waals surface area contributed by atoms with Crippen LogP contribution in [-0.2, 0) is 6.54 Å². The summed E-state index contributed by atoms with van der Waals surface area (Å²) >= 11 is 0. The molecule has 6 nitrogen and oxygen atoms in total. The first-order chi connectivity index (χ1) is 16.6. The summed E-state index contributed by atoms with van der Waals surface area (Å²) < 4.78 is 7.37. The monoisotopic (exact) mass is 454 g/mol. The highest BCUT2D eigenvalue weighted by atomic mass is 16.5. The second-order valence-electron chi connectivity index (χ2n) is 8.37. The number of benzene rings is 3. The van der Waals surface area contributed by atoms with E-state index in [1.807, 2.05) is 97.8 Å². The molecule has 0 saturated heterocycles. The number of ether oxygens (including phenoxy) is 1. The highest BCUT2D eigenvalue weighted by Gasteiger charge is 2.22. The van der Waals surface area contributed by atoms with Crippen molar-refractivity contribution in [1.29, 1.82) is 0 Å². The molecule has 0 aliphatic rings. The van der Waals surface area contributed by atoms with E-state index in [-0.39, 0.29) is 11.9 Å². The lowest BCUT2D eigenvalue weighted by Gasteiger charge is -2.25. The molecule has 1 aromatic heterocycles. The van der Waals surface area contributed by atoms with E-state index >= 15 is 0 Å². The van der Waals surface area contributed by atoms with Crippen molar-refractivity contribution < 1.29 is 9.53 Å². The van der Waals surface area contributed by atoms with E-state index in [0.29, 0.717) is 30.1 Å². The topological polar surface area (TPSA) is 59.4 Å². The zero-order valence-electron chi connectivity index (χ0n) is 19.8. The van der Waals surface area contributed by atoms with Gasteiger partial charge in [-0.1, -0.05) is 72.8 Å². The Kier molecular flexibility index (Phi) is 7.40. The standard InChI is InChI=1S/C28H30N4O2/c1-31(2)25(22-14-8-5-9-15-22)18-29-28(33)24-20-32(19-21-12-6-4-7-13-21)30-27(24)23-16-10-11-17-26(23)34-3/h4-17,20,25H,18-19H2,1-3H3,(H,29,33)/t25-/m1/s1. The van der Waals surface area contributed by atoms with Crippen molar-refractivity contribution in [1.82, 2.24) is 20.0 Å². The van der Waals surface area contributed by atoms with Crippen LogP contribution in [-0.4, -0.2) is 48.3 Å². The fourth-order valence-corrected chi connectivity index (χ4v) is 4.04. The van der Waals surface area contributed by atoms with Gasteiger partial charge in [-0.3, -0.25) is 9.48 Å². The lowest BCUT2D eigenvalue weighted by atomic mass is 10.0. The normalized spacial score (nSPS) is 11.9. The lowest BCUT2D eigenvalue weighted by molar-refractivity contribution is 0.0942. The molecule has 0 aliphatic carbocycles. The Bertz CT molecular complexity index is 1220. The molecule has 6 heteroatoms. The van der Waals surface area contributed by atoms with Gasteiger partial charge in [0.15, 0.2) is 0 Å². The molecule has 0 spiro atoms. The van der Waals surface area contributed by atoms with Crippen molar-refractivity contribution >= 4 is 5.91 Å². The molecule has 0 unspecified atom stereocenters. The van der Waals surface area contributed by atoms with Gasteiger partial charge in [-0.05, 0) is 37.4 Å². The number of hydrogen-bond donors (Lipinski definition) is 1. The Morgan fingerprint density at radius 3 is 2.29 bits per heavy atom. The maximum atomic E-state index is 13.4. The number of amides is 1. The SMILES string of the molecule is COc1ccccc1-c1nn(Cc2ccccc2)cc1C(=O)NC[C@H](c1ccccc1)N(C)C. The fourth-order valence-electron chi connectivity index (χ4n) is 4.04. The van der Waals surface area contributed by atoms with Gasteiger partial charge in [0, 0.05) is 18.3 Å². The first kappa shape index (κ1) is 23.3. The van der Waals surface area contributed by atoms with Gasteiger partial charge in [-0.25, -0.2) is 0 Å². The highest BCUT2D eigenvalue weighted by Crippen LogP contribution is 2.31. The van der Waals surface area contributed by atoms with Gasteiger partial charge < -0.3 is 15.0 Å². The zero-order valence-corrected chi connectivity index (χ0v) is 19.8. The second kappa shape index (κ2) is 10.8. The molecular formula is C28H30N4O2. The number of nitrogens with zero attached hydrogens (tertiary/aromatic N) is 3. The van der Waals surface area contributed by atoms with Crippen LogP contribution in [0.5, 0.6) is 5.75 Å². The minimum absolute atomic E-state index is 0.0548. The van der Waals surface area contributed by atoms with Crippen LogP contribution in [0.15, 0.2) is 91.1 Å². The molecule has 3 aromatic carbocycles. The van der Waals surface area contributed by atoms with Crippen molar-refractivity contribution in [2.75, 3.05) is 27.7 Å². The summed E-state index contributed by atoms with van der Waals surface area (Å²) in [5.41, 5.74) is 4.17. The minimum Gasteiger partial charge on any atom is -0.496 e. The summed E-state index contributed by atoms with van der Waals surface area (Å²) in [5, 5.41) is 7.92. The van der Waals surface area contributed by atoms with Crippen LogP contribution in [0.25, 0.3) is 11.3 Å². The number of likely N-dealkylation sites (N-methyl/N-ethyl adjacent to an activating group) is 1. The van der Waals surface area contributed by atoms with Gasteiger partial charge in [0.05, 0.1) is 25.3 Å².